The quantitative estimate of drug-likeness (QED) is 0.587. The van der Waals surface area contributed by atoms with Crippen molar-refractivity contribution in [2.24, 2.45) is 0 Å². The van der Waals surface area contributed by atoms with Gasteiger partial charge in [0.2, 0.25) is 10.0 Å². The molecule has 2 aromatic carbocycles. The highest BCUT2D eigenvalue weighted by Crippen LogP contribution is 2.44. The third-order valence-electron chi connectivity index (χ3n) is 5.74. The minimum absolute atomic E-state index is 0.000711. The summed E-state index contributed by atoms with van der Waals surface area (Å²) in [6.07, 6.45) is 0.524. The maximum absolute atomic E-state index is 13.6. The first-order valence-corrected chi connectivity index (χ1v) is 12.1. The molecule has 0 radical (unpaired) electrons. The molecule has 2 atom stereocenters. The van der Waals surface area contributed by atoms with Crippen LogP contribution in [0.15, 0.2) is 59.8 Å². The Morgan fingerprint density at radius 1 is 1.18 bits per heavy atom. The summed E-state index contributed by atoms with van der Waals surface area (Å²) in [6, 6.07) is 11.8. The van der Waals surface area contributed by atoms with E-state index in [1.807, 2.05) is 36.2 Å². The van der Waals surface area contributed by atoms with Gasteiger partial charge in [-0.3, -0.25) is 0 Å². The van der Waals surface area contributed by atoms with E-state index in [4.69, 9.17) is 16.3 Å². The first-order chi connectivity index (χ1) is 15.8. The summed E-state index contributed by atoms with van der Waals surface area (Å²) in [5.41, 5.74) is 1.55. The smallest absolute Gasteiger partial charge is 0.245 e. The first kappa shape index (κ1) is 22.0. The molecule has 0 aliphatic carbocycles. The van der Waals surface area contributed by atoms with Gasteiger partial charge in [-0.05, 0) is 42.0 Å². The van der Waals surface area contributed by atoms with Gasteiger partial charge in [0.1, 0.15) is 23.8 Å². The maximum Gasteiger partial charge on any atom is 0.245 e. The Bertz CT molecular complexity index is 1270. The van der Waals surface area contributed by atoms with E-state index in [0.29, 0.717) is 35.3 Å². The molecule has 11 heteroatoms. The zero-order valence-corrected chi connectivity index (χ0v) is 19.2. The molecule has 1 fully saturated rings. The van der Waals surface area contributed by atoms with E-state index in [9.17, 15) is 12.8 Å². The van der Waals surface area contributed by atoms with Crippen molar-refractivity contribution in [1.82, 2.24) is 14.3 Å². The van der Waals surface area contributed by atoms with Crippen molar-refractivity contribution < 1.29 is 17.5 Å². The van der Waals surface area contributed by atoms with Crippen molar-refractivity contribution in [3.05, 3.63) is 76.8 Å². The Morgan fingerprint density at radius 3 is 2.64 bits per heavy atom. The molecule has 3 heterocycles. The average Bonchev–Trinajstić information content (AvgIpc) is 3.15. The summed E-state index contributed by atoms with van der Waals surface area (Å²) in [4.78, 5) is 10.7. The minimum atomic E-state index is -3.97. The monoisotopic (exact) mass is 489 g/mol. The number of halogens is 2. The lowest BCUT2D eigenvalue weighted by Crippen LogP contribution is -2.40. The van der Waals surface area contributed by atoms with Crippen LogP contribution < -0.4 is 10.2 Å². The number of benzene rings is 2. The van der Waals surface area contributed by atoms with E-state index in [0.717, 1.165) is 17.7 Å². The van der Waals surface area contributed by atoms with Gasteiger partial charge in [-0.2, -0.15) is 4.31 Å². The van der Waals surface area contributed by atoms with Gasteiger partial charge in [0, 0.05) is 25.2 Å². The summed E-state index contributed by atoms with van der Waals surface area (Å²) in [6.45, 7) is 1.05. The molecule has 0 unspecified atom stereocenters. The summed E-state index contributed by atoms with van der Waals surface area (Å²) in [7, 11) is -2.11. The minimum Gasteiger partial charge on any atom is -0.368 e. The molecule has 5 rings (SSSR count). The van der Waals surface area contributed by atoms with Crippen LogP contribution in [0.4, 0.5) is 16.0 Å². The second kappa shape index (κ2) is 8.53. The van der Waals surface area contributed by atoms with Crippen LogP contribution in [0.5, 0.6) is 0 Å². The van der Waals surface area contributed by atoms with E-state index in [2.05, 4.69) is 15.3 Å². The molecule has 1 aromatic heterocycles. The average molecular weight is 490 g/mol. The summed E-state index contributed by atoms with van der Waals surface area (Å²) >= 11 is 6.00. The van der Waals surface area contributed by atoms with Gasteiger partial charge < -0.3 is 15.0 Å². The van der Waals surface area contributed by atoms with Crippen LogP contribution in [-0.4, -0.2) is 48.9 Å². The summed E-state index contributed by atoms with van der Waals surface area (Å²) in [5.74, 6) is 0.569. The fourth-order valence-corrected chi connectivity index (χ4v) is 5.96. The Kier molecular flexibility index (Phi) is 5.69. The van der Waals surface area contributed by atoms with E-state index in [-0.39, 0.29) is 11.5 Å². The van der Waals surface area contributed by atoms with Gasteiger partial charge >= 0.3 is 0 Å². The number of sulfonamides is 1. The zero-order chi connectivity index (χ0) is 23.2. The topological polar surface area (TPSA) is 87.7 Å². The molecule has 172 valence electrons. The molecule has 0 amide bonds. The number of fused-ring (bicyclic) bond motifs is 4. The Hall–Kier alpha value is -2.79. The molecule has 2 aliphatic heterocycles. The normalized spacial score (nSPS) is 20.1. The van der Waals surface area contributed by atoms with Crippen LogP contribution in [0, 0.1) is 5.82 Å². The fourth-order valence-electron chi connectivity index (χ4n) is 4.16. The van der Waals surface area contributed by atoms with Crippen molar-refractivity contribution >= 4 is 33.3 Å². The Labute approximate surface area is 196 Å². The highest BCUT2D eigenvalue weighted by atomic mass is 35.5. The van der Waals surface area contributed by atoms with Crippen LogP contribution in [0.1, 0.15) is 17.4 Å². The van der Waals surface area contributed by atoms with Crippen LogP contribution in [0.3, 0.4) is 0 Å². The highest BCUT2D eigenvalue weighted by molar-refractivity contribution is 7.89. The Balaban J connectivity index is 1.54. The molecule has 3 aromatic rings. The van der Waals surface area contributed by atoms with E-state index in [1.165, 1.54) is 22.8 Å². The SMILES string of the molecule is CN(Cc1ccc(Cl)cc1)c1ncnc2c1[C@@H]1OC[C@H](CN2)N1S(=O)(=O)c1ccc(F)cc1. The number of ether oxygens (including phenoxy) is 1. The molecule has 1 saturated heterocycles. The highest BCUT2D eigenvalue weighted by Gasteiger charge is 2.48. The van der Waals surface area contributed by atoms with Crippen molar-refractivity contribution in [2.45, 2.75) is 23.7 Å². The lowest BCUT2D eigenvalue weighted by molar-refractivity contribution is 0.0688. The van der Waals surface area contributed by atoms with Gasteiger partial charge in [0.15, 0.2) is 6.23 Å². The molecular weight excluding hydrogens is 469 g/mol. The number of hydrogen-bond acceptors (Lipinski definition) is 7. The van der Waals surface area contributed by atoms with Crippen molar-refractivity contribution in [3.63, 3.8) is 0 Å². The fraction of sp³-hybridized carbons (Fsp3) is 0.273. The van der Waals surface area contributed by atoms with Crippen LogP contribution in [0.2, 0.25) is 5.02 Å². The van der Waals surface area contributed by atoms with E-state index < -0.39 is 28.1 Å². The lowest BCUT2D eigenvalue weighted by atomic mass is 10.2. The molecule has 2 bridgehead atoms. The largest absolute Gasteiger partial charge is 0.368 e. The van der Waals surface area contributed by atoms with Crippen LogP contribution in [-0.2, 0) is 21.3 Å². The number of aromatic nitrogens is 2. The van der Waals surface area contributed by atoms with E-state index in [1.54, 1.807) is 0 Å². The van der Waals surface area contributed by atoms with Crippen molar-refractivity contribution in [3.8, 4) is 0 Å². The number of hydrogen-bond donors (Lipinski definition) is 1. The van der Waals surface area contributed by atoms with Gasteiger partial charge in [-0.15, -0.1) is 0 Å². The molecule has 1 N–H and O–H groups in total. The molecule has 8 nitrogen and oxygen atoms in total. The molecular formula is C22H21ClFN5O3S. The number of nitrogens with one attached hydrogen (secondary N) is 1. The maximum atomic E-state index is 13.6. The first-order valence-electron chi connectivity index (χ1n) is 10.3. The Morgan fingerprint density at radius 2 is 1.91 bits per heavy atom. The molecule has 2 aliphatic rings. The molecule has 0 saturated carbocycles. The second-order valence-corrected chi connectivity index (χ2v) is 10.2. The van der Waals surface area contributed by atoms with Crippen LogP contribution >= 0.6 is 11.6 Å². The predicted octanol–water partition coefficient (Wildman–Crippen LogP) is 3.42. The number of nitrogens with zero attached hydrogens (tertiary/aromatic N) is 4. The predicted molar refractivity (Wildman–Crippen MR) is 122 cm³/mol. The number of anilines is 2. The molecule has 33 heavy (non-hydrogen) atoms. The number of rotatable bonds is 5. The second-order valence-electron chi connectivity index (χ2n) is 7.95. The van der Waals surface area contributed by atoms with Crippen molar-refractivity contribution in [1.29, 1.82) is 0 Å². The third kappa shape index (κ3) is 4.04. The van der Waals surface area contributed by atoms with Gasteiger partial charge in [0.25, 0.3) is 0 Å². The lowest BCUT2D eigenvalue weighted by Gasteiger charge is -2.28. The van der Waals surface area contributed by atoms with Gasteiger partial charge in [-0.25, -0.2) is 22.8 Å². The van der Waals surface area contributed by atoms with Gasteiger partial charge in [0.05, 0.1) is 23.1 Å². The molecule has 0 spiro atoms. The zero-order valence-electron chi connectivity index (χ0n) is 17.6. The van der Waals surface area contributed by atoms with Crippen LogP contribution in [0.25, 0.3) is 0 Å². The summed E-state index contributed by atoms with van der Waals surface area (Å²) < 4.78 is 47.9. The van der Waals surface area contributed by atoms with E-state index >= 15 is 0 Å². The van der Waals surface area contributed by atoms with Gasteiger partial charge in [-0.1, -0.05) is 23.7 Å². The standard InChI is InChI=1S/C22H21ClFN5O3S/c1-28(11-14-2-4-15(23)5-3-14)21-19-20(26-13-27-21)25-10-17-12-32-22(19)29(17)33(30,31)18-8-6-16(24)7-9-18/h2-9,13,17,22H,10-12H2,1H3,(H,25,26,27)/t17-,22-/m0/s1. The summed E-state index contributed by atoms with van der Waals surface area (Å²) in [5, 5.41) is 3.89. The third-order valence-corrected chi connectivity index (χ3v) is 7.90. The van der Waals surface area contributed by atoms with Crippen molar-refractivity contribution in [2.75, 3.05) is 30.4 Å².